The summed E-state index contributed by atoms with van der Waals surface area (Å²) >= 11 is 0. The topological polar surface area (TPSA) is 65.9 Å². The standard InChI is InChI=1S/C15H16N4/c1-3-11-4-6-14(7-5-11)19(2)15-12(9-16)8-13(17)10-18-15/h4-8,10H,3,17H2,1-2H3. The second kappa shape index (κ2) is 5.40. The van der Waals surface area contributed by atoms with Crippen LogP contribution < -0.4 is 10.6 Å². The fourth-order valence-electron chi connectivity index (χ4n) is 1.90. The van der Waals surface area contributed by atoms with Crippen molar-refractivity contribution < 1.29 is 0 Å². The van der Waals surface area contributed by atoms with Crippen molar-refractivity contribution in [3.8, 4) is 6.07 Å². The first-order chi connectivity index (χ1) is 9.15. The number of rotatable bonds is 3. The highest BCUT2D eigenvalue weighted by Gasteiger charge is 2.11. The molecule has 2 rings (SSSR count). The van der Waals surface area contributed by atoms with E-state index >= 15 is 0 Å². The molecule has 0 saturated carbocycles. The minimum Gasteiger partial charge on any atom is -0.397 e. The molecular formula is C15H16N4. The van der Waals surface area contributed by atoms with E-state index in [4.69, 9.17) is 11.0 Å². The molecular weight excluding hydrogens is 236 g/mol. The van der Waals surface area contributed by atoms with Crippen molar-refractivity contribution in [2.75, 3.05) is 17.7 Å². The second-order valence-corrected chi connectivity index (χ2v) is 4.33. The van der Waals surface area contributed by atoms with Gasteiger partial charge in [0.1, 0.15) is 6.07 Å². The molecule has 1 aromatic carbocycles. The van der Waals surface area contributed by atoms with Crippen LogP contribution in [0.1, 0.15) is 18.1 Å². The Morgan fingerprint density at radius 1 is 1.32 bits per heavy atom. The van der Waals surface area contributed by atoms with Gasteiger partial charge in [0.25, 0.3) is 0 Å². The summed E-state index contributed by atoms with van der Waals surface area (Å²) in [6.07, 6.45) is 2.57. The lowest BCUT2D eigenvalue weighted by atomic mass is 10.1. The van der Waals surface area contributed by atoms with E-state index in [0.717, 1.165) is 12.1 Å². The molecule has 96 valence electrons. The Kier molecular flexibility index (Phi) is 3.67. The molecule has 0 radical (unpaired) electrons. The molecule has 0 aliphatic rings. The molecule has 0 saturated heterocycles. The maximum Gasteiger partial charge on any atom is 0.150 e. The molecule has 1 heterocycles. The summed E-state index contributed by atoms with van der Waals surface area (Å²) in [4.78, 5) is 6.13. The van der Waals surface area contributed by atoms with Gasteiger partial charge in [-0.2, -0.15) is 5.26 Å². The normalized spacial score (nSPS) is 9.95. The number of nitriles is 1. The van der Waals surface area contributed by atoms with Crippen LogP contribution >= 0.6 is 0 Å². The number of hydrogen-bond donors (Lipinski definition) is 1. The van der Waals surface area contributed by atoms with Crippen LogP contribution in [0.3, 0.4) is 0 Å². The second-order valence-electron chi connectivity index (χ2n) is 4.33. The third-order valence-electron chi connectivity index (χ3n) is 3.06. The summed E-state index contributed by atoms with van der Waals surface area (Å²) in [5.74, 6) is 0.612. The number of anilines is 3. The van der Waals surface area contributed by atoms with Gasteiger partial charge in [0, 0.05) is 12.7 Å². The van der Waals surface area contributed by atoms with Crippen LogP contribution in [-0.2, 0) is 6.42 Å². The van der Waals surface area contributed by atoms with Gasteiger partial charge in [0.2, 0.25) is 0 Å². The number of nitrogens with two attached hydrogens (primary N) is 1. The quantitative estimate of drug-likeness (QED) is 0.912. The highest BCUT2D eigenvalue weighted by atomic mass is 15.2. The maximum absolute atomic E-state index is 9.15. The van der Waals surface area contributed by atoms with E-state index in [-0.39, 0.29) is 0 Å². The SMILES string of the molecule is CCc1ccc(N(C)c2ncc(N)cc2C#N)cc1. The molecule has 19 heavy (non-hydrogen) atoms. The summed E-state index contributed by atoms with van der Waals surface area (Å²) in [6.45, 7) is 2.12. The lowest BCUT2D eigenvalue weighted by Crippen LogP contribution is -2.13. The van der Waals surface area contributed by atoms with E-state index in [9.17, 15) is 0 Å². The number of nitrogen functional groups attached to an aromatic ring is 1. The van der Waals surface area contributed by atoms with E-state index in [1.54, 1.807) is 12.3 Å². The minimum absolute atomic E-state index is 0.474. The number of aryl methyl sites for hydroxylation is 1. The van der Waals surface area contributed by atoms with Gasteiger partial charge in [-0.1, -0.05) is 19.1 Å². The Balaban J connectivity index is 2.38. The fourth-order valence-corrected chi connectivity index (χ4v) is 1.90. The Morgan fingerprint density at radius 3 is 2.58 bits per heavy atom. The minimum atomic E-state index is 0.474. The third-order valence-corrected chi connectivity index (χ3v) is 3.06. The van der Waals surface area contributed by atoms with Crippen molar-refractivity contribution in [2.45, 2.75) is 13.3 Å². The first-order valence-electron chi connectivity index (χ1n) is 6.14. The van der Waals surface area contributed by atoms with Crippen molar-refractivity contribution in [3.63, 3.8) is 0 Å². The maximum atomic E-state index is 9.15. The van der Waals surface area contributed by atoms with Gasteiger partial charge in [-0.25, -0.2) is 4.98 Å². The Hall–Kier alpha value is -2.54. The zero-order valence-corrected chi connectivity index (χ0v) is 11.1. The van der Waals surface area contributed by atoms with Gasteiger partial charge >= 0.3 is 0 Å². The third kappa shape index (κ3) is 2.66. The van der Waals surface area contributed by atoms with Crippen molar-refractivity contribution >= 4 is 17.2 Å². The van der Waals surface area contributed by atoms with Crippen molar-refractivity contribution in [2.24, 2.45) is 0 Å². The van der Waals surface area contributed by atoms with Gasteiger partial charge in [-0.3, -0.25) is 0 Å². The summed E-state index contributed by atoms with van der Waals surface area (Å²) in [6, 6.07) is 12.0. The number of aromatic nitrogens is 1. The molecule has 0 unspecified atom stereocenters. The average molecular weight is 252 g/mol. The van der Waals surface area contributed by atoms with E-state index in [2.05, 4.69) is 30.1 Å². The molecule has 1 aromatic heterocycles. The average Bonchev–Trinajstić information content (AvgIpc) is 2.46. The lowest BCUT2D eigenvalue weighted by molar-refractivity contribution is 1.10. The van der Waals surface area contributed by atoms with Crippen molar-refractivity contribution in [3.05, 3.63) is 47.7 Å². The number of pyridine rings is 1. The van der Waals surface area contributed by atoms with Crippen LogP contribution in [0, 0.1) is 11.3 Å². The molecule has 0 atom stereocenters. The van der Waals surface area contributed by atoms with Crippen molar-refractivity contribution in [1.82, 2.24) is 4.98 Å². The molecule has 0 spiro atoms. The van der Waals surface area contributed by atoms with Gasteiger partial charge in [-0.15, -0.1) is 0 Å². The zero-order chi connectivity index (χ0) is 13.8. The number of nitrogens with zero attached hydrogens (tertiary/aromatic N) is 3. The summed E-state index contributed by atoms with van der Waals surface area (Å²) in [5, 5.41) is 9.15. The lowest BCUT2D eigenvalue weighted by Gasteiger charge is -2.19. The van der Waals surface area contributed by atoms with Gasteiger partial charge in [0.15, 0.2) is 5.82 Å². The molecule has 2 aromatic rings. The molecule has 0 aliphatic carbocycles. The van der Waals surface area contributed by atoms with Crippen molar-refractivity contribution in [1.29, 1.82) is 5.26 Å². The van der Waals surface area contributed by atoms with Crippen LogP contribution in [0.25, 0.3) is 0 Å². The molecule has 4 nitrogen and oxygen atoms in total. The number of benzene rings is 1. The van der Waals surface area contributed by atoms with Crippen LogP contribution in [0.4, 0.5) is 17.2 Å². The van der Waals surface area contributed by atoms with E-state index in [1.807, 2.05) is 24.1 Å². The predicted molar refractivity (Wildman–Crippen MR) is 77.2 cm³/mol. The molecule has 4 heteroatoms. The Labute approximate surface area is 113 Å². The zero-order valence-electron chi connectivity index (χ0n) is 11.1. The van der Waals surface area contributed by atoms with E-state index in [1.165, 1.54) is 5.56 Å². The van der Waals surface area contributed by atoms with Gasteiger partial charge in [0.05, 0.1) is 17.4 Å². The smallest absolute Gasteiger partial charge is 0.150 e. The highest BCUT2D eigenvalue weighted by Crippen LogP contribution is 2.25. The van der Waals surface area contributed by atoms with Crippen LogP contribution in [0.2, 0.25) is 0 Å². The molecule has 0 amide bonds. The Morgan fingerprint density at radius 2 is 2.00 bits per heavy atom. The predicted octanol–water partition coefficient (Wildman–Crippen LogP) is 2.87. The monoisotopic (exact) mass is 252 g/mol. The van der Waals surface area contributed by atoms with Crippen LogP contribution in [0.5, 0.6) is 0 Å². The fraction of sp³-hybridized carbons (Fsp3) is 0.200. The summed E-state index contributed by atoms with van der Waals surface area (Å²) in [7, 11) is 1.89. The highest BCUT2D eigenvalue weighted by molar-refractivity contribution is 5.67. The van der Waals surface area contributed by atoms with Gasteiger partial charge < -0.3 is 10.6 Å². The van der Waals surface area contributed by atoms with Crippen LogP contribution in [0.15, 0.2) is 36.5 Å². The first kappa shape index (κ1) is 12.9. The number of hydrogen-bond acceptors (Lipinski definition) is 4. The van der Waals surface area contributed by atoms with Gasteiger partial charge in [-0.05, 0) is 30.2 Å². The van der Waals surface area contributed by atoms with Crippen LogP contribution in [-0.4, -0.2) is 12.0 Å². The largest absolute Gasteiger partial charge is 0.397 e. The van der Waals surface area contributed by atoms with E-state index < -0.39 is 0 Å². The van der Waals surface area contributed by atoms with E-state index in [0.29, 0.717) is 17.1 Å². The molecule has 0 bridgehead atoms. The summed E-state index contributed by atoms with van der Waals surface area (Å²) < 4.78 is 0. The first-order valence-corrected chi connectivity index (χ1v) is 6.14. The molecule has 0 aliphatic heterocycles. The summed E-state index contributed by atoms with van der Waals surface area (Å²) in [5.41, 5.74) is 8.89. The Bertz CT molecular complexity index is 611. The molecule has 0 fully saturated rings. The molecule has 2 N–H and O–H groups in total.